The first-order chi connectivity index (χ1) is 19.7. The van der Waals surface area contributed by atoms with E-state index in [-0.39, 0.29) is 22.7 Å². The number of nitro benzene ring substituents is 1. The van der Waals surface area contributed by atoms with Crippen molar-refractivity contribution in [2.45, 2.75) is 0 Å². The molecule has 4 aromatic carbocycles. The number of benzene rings is 4. The standard InChI is InChI=1S/C29H17BrCl2N4O5/c30-18-13-21-25(20-6-2-3-7-22(20)31)27(34-26(21)23(32)14-18)28(37)35-33-15-17-5-1-4-8-24(17)41-29(38)16-9-11-19(12-10-16)36(39)40/h1-15,34H,(H,35,37). The number of para-hydroxylation sites is 1. The van der Waals surface area contributed by atoms with Crippen molar-refractivity contribution < 1.29 is 19.2 Å². The zero-order chi connectivity index (χ0) is 29.1. The van der Waals surface area contributed by atoms with E-state index in [2.05, 4.69) is 31.4 Å². The summed E-state index contributed by atoms with van der Waals surface area (Å²) in [5.74, 6) is -1.09. The van der Waals surface area contributed by atoms with Crippen molar-refractivity contribution in [3.63, 3.8) is 0 Å². The van der Waals surface area contributed by atoms with E-state index < -0.39 is 16.8 Å². The third-order valence-corrected chi connectivity index (χ3v) is 7.09. The van der Waals surface area contributed by atoms with E-state index in [4.69, 9.17) is 27.9 Å². The van der Waals surface area contributed by atoms with Gasteiger partial charge in [0.25, 0.3) is 11.6 Å². The van der Waals surface area contributed by atoms with Crippen LogP contribution >= 0.6 is 39.1 Å². The number of hydrogen-bond acceptors (Lipinski definition) is 6. The molecule has 0 saturated carbocycles. The fourth-order valence-electron chi connectivity index (χ4n) is 4.11. The van der Waals surface area contributed by atoms with Gasteiger partial charge in [0.05, 0.1) is 27.2 Å². The molecule has 2 N–H and O–H groups in total. The lowest BCUT2D eigenvalue weighted by Gasteiger charge is -2.08. The molecule has 0 atom stereocenters. The quantitative estimate of drug-likeness (QED) is 0.0610. The smallest absolute Gasteiger partial charge is 0.343 e. The first-order valence-corrected chi connectivity index (χ1v) is 13.4. The van der Waals surface area contributed by atoms with E-state index in [1.54, 1.807) is 48.5 Å². The second-order valence-electron chi connectivity index (χ2n) is 8.60. The Hall–Kier alpha value is -4.51. The molecule has 5 aromatic rings. The van der Waals surface area contributed by atoms with E-state index in [1.807, 2.05) is 12.1 Å². The Morgan fingerprint density at radius 2 is 1.68 bits per heavy atom. The second-order valence-corrected chi connectivity index (χ2v) is 10.3. The number of amides is 1. The highest BCUT2D eigenvalue weighted by Crippen LogP contribution is 2.40. The second kappa shape index (κ2) is 11.9. The third-order valence-electron chi connectivity index (χ3n) is 6.00. The van der Waals surface area contributed by atoms with Crippen LogP contribution in [0.5, 0.6) is 5.75 Å². The summed E-state index contributed by atoms with van der Waals surface area (Å²) in [6.45, 7) is 0. The van der Waals surface area contributed by atoms with Crippen molar-refractivity contribution in [3.05, 3.63) is 126 Å². The highest BCUT2D eigenvalue weighted by Gasteiger charge is 2.22. The number of hydrazone groups is 1. The van der Waals surface area contributed by atoms with Crippen LogP contribution in [0.2, 0.25) is 10.0 Å². The van der Waals surface area contributed by atoms with Gasteiger partial charge in [-0.3, -0.25) is 14.9 Å². The van der Waals surface area contributed by atoms with Crippen LogP contribution in [-0.2, 0) is 0 Å². The highest BCUT2D eigenvalue weighted by molar-refractivity contribution is 9.10. The van der Waals surface area contributed by atoms with Crippen molar-refractivity contribution in [1.29, 1.82) is 0 Å². The number of non-ortho nitro benzene ring substituents is 1. The van der Waals surface area contributed by atoms with Gasteiger partial charge in [0.15, 0.2) is 0 Å². The molecular weight excluding hydrogens is 635 g/mol. The number of rotatable bonds is 7. The molecule has 1 heterocycles. The van der Waals surface area contributed by atoms with Gasteiger partial charge in [-0.2, -0.15) is 5.10 Å². The molecule has 0 fully saturated rings. The number of halogens is 3. The van der Waals surface area contributed by atoms with E-state index in [1.165, 1.54) is 30.5 Å². The number of hydrogen-bond donors (Lipinski definition) is 2. The van der Waals surface area contributed by atoms with Crippen LogP contribution in [0.1, 0.15) is 26.4 Å². The van der Waals surface area contributed by atoms with Gasteiger partial charge in [0, 0.05) is 43.7 Å². The molecule has 0 spiro atoms. The molecule has 1 aromatic heterocycles. The summed E-state index contributed by atoms with van der Waals surface area (Å²) in [5.41, 5.74) is 4.83. The molecule has 0 radical (unpaired) electrons. The molecule has 0 bridgehead atoms. The molecule has 0 saturated heterocycles. The van der Waals surface area contributed by atoms with Gasteiger partial charge in [-0.05, 0) is 42.5 Å². The number of ether oxygens (including phenoxy) is 1. The predicted molar refractivity (Wildman–Crippen MR) is 161 cm³/mol. The summed E-state index contributed by atoms with van der Waals surface area (Å²) in [6, 6.07) is 22.3. The van der Waals surface area contributed by atoms with Crippen molar-refractivity contribution in [3.8, 4) is 16.9 Å². The first kappa shape index (κ1) is 28.0. The normalized spacial score (nSPS) is 11.1. The zero-order valence-corrected chi connectivity index (χ0v) is 23.8. The van der Waals surface area contributed by atoms with Gasteiger partial charge in [0.1, 0.15) is 11.4 Å². The molecular formula is C29H17BrCl2N4O5. The van der Waals surface area contributed by atoms with Crippen LogP contribution in [0.25, 0.3) is 22.0 Å². The molecule has 1 amide bonds. The van der Waals surface area contributed by atoms with Crippen molar-refractivity contribution in [2.75, 3.05) is 0 Å². The highest BCUT2D eigenvalue weighted by atomic mass is 79.9. The van der Waals surface area contributed by atoms with Crippen LogP contribution in [0.4, 0.5) is 5.69 Å². The van der Waals surface area contributed by atoms with Crippen LogP contribution in [-0.4, -0.2) is 28.0 Å². The fraction of sp³-hybridized carbons (Fsp3) is 0. The summed E-state index contributed by atoms with van der Waals surface area (Å²) >= 11 is 16.4. The van der Waals surface area contributed by atoms with Gasteiger partial charge in [0.2, 0.25) is 0 Å². The Balaban J connectivity index is 1.40. The Labute approximate surface area is 251 Å². The summed E-state index contributed by atoms with van der Waals surface area (Å²) in [4.78, 5) is 39.4. The minimum atomic E-state index is -0.713. The average Bonchev–Trinajstić information content (AvgIpc) is 3.34. The minimum Gasteiger partial charge on any atom is -0.422 e. The lowest BCUT2D eigenvalue weighted by atomic mass is 10.0. The van der Waals surface area contributed by atoms with Gasteiger partial charge in [-0.25, -0.2) is 10.2 Å². The fourth-order valence-corrected chi connectivity index (χ4v) is 5.19. The Bertz CT molecular complexity index is 1850. The third kappa shape index (κ3) is 5.99. The zero-order valence-electron chi connectivity index (χ0n) is 20.7. The largest absolute Gasteiger partial charge is 0.422 e. The number of aromatic amines is 1. The summed E-state index contributed by atoms with van der Waals surface area (Å²) in [7, 11) is 0. The van der Waals surface area contributed by atoms with Gasteiger partial charge in [-0.15, -0.1) is 0 Å². The number of carbonyl (C=O) groups excluding carboxylic acids is 2. The number of nitrogens with zero attached hydrogens (tertiary/aromatic N) is 2. The van der Waals surface area contributed by atoms with Crippen LogP contribution in [0, 0.1) is 10.1 Å². The molecule has 0 unspecified atom stereocenters. The van der Waals surface area contributed by atoms with E-state index in [0.717, 1.165) is 4.47 Å². The molecule has 0 aliphatic rings. The van der Waals surface area contributed by atoms with Gasteiger partial charge >= 0.3 is 5.97 Å². The summed E-state index contributed by atoms with van der Waals surface area (Å²) in [6.07, 6.45) is 1.33. The number of fused-ring (bicyclic) bond motifs is 1. The van der Waals surface area contributed by atoms with Crippen molar-refractivity contribution in [1.82, 2.24) is 10.4 Å². The lowest BCUT2D eigenvalue weighted by molar-refractivity contribution is -0.384. The van der Waals surface area contributed by atoms with Crippen LogP contribution in [0.15, 0.2) is 94.5 Å². The summed E-state index contributed by atoms with van der Waals surface area (Å²) in [5, 5.41) is 16.5. The van der Waals surface area contributed by atoms with Crippen molar-refractivity contribution >= 4 is 73.8 Å². The van der Waals surface area contributed by atoms with Crippen LogP contribution < -0.4 is 10.2 Å². The Morgan fingerprint density at radius 1 is 0.976 bits per heavy atom. The molecule has 0 aliphatic carbocycles. The maximum Gasteiger partial charge on any atom is 0.343 e. The van der Waals surface area contributed by atoms with E-state index in [9.17, 15) is 19.7 Å². The van der Waals surface area contributed by atoms with Gasteiger partial charge < -0.3 is 9.72 Å². The molecule has 0 aliphatic heterocycles. The maximum atomic E-state index is 13.3. The monoisotopic (exact) mass is 650 g/mol. The SMILES string of the molecule is O=C(Oc1ccccc1C=NNC(=O)c1[nH]c2c(Cl)cc(Br)cc2c1-c1ccccc1Cl)c1ccc([N+](=O)[O-])cc1. The molecule has 204 valence electrons. The molecule has 41 heavy (non-hydrogen) atoms. The topological polar surface area (TPSA) is 127 Å². The predicted octanol–water partition coefficient (Wildman–Crippen LogP) is 7.80. The Kier molecular flexibility index (Phi) is 8.16. The molecule has 12 heteroatoms. The number of nitrogens with one attached hydrogen (secondary N) is 2. The average molecular weight is 652 g/mol. The molecule has 9 nitrogen and oxygen atoms in total. The number of carbonyl (C=O) groups is 2. The summed E-state index contributed by atoms with van der Waals surface area (Å²) < 4.78 is 6.20. The number of aromatic nitrogens is 1. The van der Waals surface area contributed by atoms with E-state index >= 15 is 0 Å². The minimum absolute atomic E-state index is 0.131. The molecule has 5 rings (SSSR count). The first-order valence-electron chi connectivity index (χ1n) is 11.9. The van der Waals surface area contributed by atoms with Gasteiger partial charge in [-0.1, -0.05) is 69.5 Å². The number of H-pyrrole nitrogens is 1. The maximum absolute atomic E-state index is 13.3. The number of nitro groups is 1. The lowest BCUT2D eigenvalue weighted by Crippen LogP contribution is -2.19. The van der Waals surface area contributed by atoms with Crippen LogP contribution in [0.3, 0.4) is 0 Å². The van der Waals surface area contributed by atoms with Crippen molar-refractivity contribution in [2.24, 2.45) is 5.10 Å². The van der Waals surface area contributed by atoms with E-state index in [0.29, 0.717) is 37.6 Å². The Morgan fingerprint density at radius 3 is 2.41 bits per heavy atom. The number of esters is 1.